The highest BCUT2D eigenvalue weighted by atomic mass is 19.1. The fraction of sp³-hybridized carbons (Fsp3) is 0.158. The van der Waals surface area contributed by atoms with Crippen LogP contribution in [0.1, 0.15) is 23.0 Å². The van der Waals surface area contributed by atoms with E-state index in [0.29, 0.717) is 17.0 Å². The zero-order valence-corrected chi connectivity index (χ0v) is 13.6. The minimum absolute atomic E-state index is 0.0885. The highest BCUT2D eigenvalue weighted by molar-refractivity contribution is 5.79. The van der Waals surface area contributed by atoms with Crippen molar-refractivity contribution in [1.29, 1.82) is 0 Å². The van der Waals surface area contributed by atoms with Crippen molar-refractivity contribution in [3.63, 3.8) is 0 Å². The van der Waals surface area contributed by atoms with Crippen LogP contribution in [0.3, 0.4) is 0 Å². The molecule has 3 rings (SSSR count). The second-order valence-corrected chi connectivity index (χ2v) is 5.72. The molecule has 0 aliphatic heterocycles. The number of carbonyl (C=O) groups excluding carboxylic acids is 1. The van der Waals surface area contributed by atoms with Crippen molar-refractivity contribution in [3.8, 4) is 0 Å². The number of hydrogen-bond donors (Lipinski definition) is 1. The highest BCUT2D eigenvalue weighted by Crippen LogP contribution is 2.21. The first kappa shape index (κ1) is 16.8. The molecule has 1 atom stereocenters. The molecular weight excluding hydrogens is 324 g/mol. The van der Waals surface area contributed by atoms with E-state index in [1.54, 1.807) is 47.3 Å². The molecule has 3 aromatic rings. The number of amides is 1. The average molecular weight is 341 g/mol. The van der Waals surface area contributed by atoms with Crippen LogP contribution >= 0.6 is 0 Å². The minimum Gasteiger partial charge on any atom is -0.342 e. The Balaban J connectivity index is 1.85. The molecule has 1 amide bonds. The first-order valence-electron chi connectivity index (χ1n) is 7.80. The molecular formula is C19H17F2N3O. The molecule has 0 radical (unpaired) electrons. The number of hydrogen-bond acceptors (Lipinski definition) is 2. The minimum atomic E-state index is -0.556. The van der Waals surface area contributed by atoms with Crippen molar-refractivity contribution in [2.24, 2.45) is 7.05 Å². The maximum absolute atomic E-state index is 13.8. The number of rotatable bonds is 5. The zero-order chi connectivity index (χ0) is 17.8. The summed E-state index contributed by atoms with van der Waals surface area (Å²) >= 11 is 0. The monoisotopic (exact) mass is 341 g/mol. The lowest BCUT2D eigenvalue weighted by atomic mass is 10.0. The van der Waals surface area contributed by atoms with Gasteiger partial charge in [0.25, 0.3) is 0 Å². The van der Waals surface area contributed by atoms with Gasteiger partial charge in [0.2, 0.25) is 5.91 Å². The van der Waals surface area contributed by atoms with Crippen molar-refractivity contribution >= 4 is 5.91 Å². The average Bonchev–Trinajstić information content (AvgIpc) is 3.01. The Morgan fingerprint density at radius 3 is 2.52 bits per heavy atom. The molecule has 0 saturated heterocycles. The normalized spacial score (nSPS) is 12.0. The van der Waals surface area contributed by atoms with Crippen LogP contribution in [-0.2, 0) is 18.3 Å². The van der Waals surface area contributed by atoms with Crippen LogP contribution in [0.5, 0.6) is 0 Å². The predicted octanol–water partition coefficient (Wildman–Crippen LogP) is 3.15. The molecule has 0 aliphatic carbocycles. The number of carbonyl (C=O) groups is 1. The molecule has 0 saturated carbocycles. The summed E-state index contributed by atoms with van der Waals surface area (Å²) < 4.78 is 28.7. The van der Waals surface area contributed by atoms with E-state index in [4.69, 9.17) is 0 Å². The molecule has 1 N–H and O–H groups in total. The van der Waals surface area contributed by atoms with Gasteiger partial charge in [0.1, 0.15) is 23.5 Å². The van der Waals surface area contributed by atoms with Gasteiger partial charge in [0.05, 0.1) is 6.42 Å². The quantitative estimate of drug-likeness (QED) is 0.775. The first-order chi connectivity index (χ1) is 12.0. The van der Waals surface area contributed by atoms with Gasteiger partial charge in [-0.3, -0.25) is 4.79 Å². The van der Waals surface area contributed by atoms with Crippen molar-refractivity contribution < 1.29 is 13.6 Å². The van der Waals surface area contributed by atoms with E-state index in [2.05, 4.69) is 10.3 Å². The van der Waals surface area contributed by atoms with E-state index in [1.165, 1.54) is 18.2 Å². The van der Waals surface area contributed by atoms with Crippen molar-refractivity contribution in [2.45, 2.75) is 12.5 Å². The largest absolute Gasteiger partial charge is 0.342 e. The molecule has 1 aromatic heterocycles. The summed E-state index contributed by atoms with van der Waals surface area (Å²) in [6.45, 7) is 0. The third-order valence-corrected chi connectivity index (χ3v) is 3.93. The van der Waals surface area contributed by atoms with Gasteiger partial charge in [0, 0.05) is 19.4 Å². The van der Waals surface area contributed by atoms with E-state index >= 15 is 0 Å². The Morgan fingerprint density at radius 2 is 1.88 bits per heavy atom. The summed E-state index contributed by atoms with van der Waals surface area (Å²) in [6, 6.07) is 11.4. The van der Waals surface area contributed by atoms with Gasteiger partial charge in [-0.15, -0.1) is 0 Å². The van der Waals surface area contributed by atoms with Crippen molar-refractivity contribution in [2.75, 3.05) is 0 Å². The topological polar surface area (TPSA) is 46.9 Å². The number of aryl methyl sites for hydroxylation is 1. The molecule has 0 bridgehead atoms. The van der Waals surface area contributed by atoms with Gasteiger partial charge in [-0.25, -0.2) is 13.8 Å². The Morgan fingerprint density at radius 1 is 1.16 bits per heavy atom. The Labute approximate surface area is 144 Å². The first-order valence-corrected chi connectivity index (χ1v) is 7.80. The fourth-order valence-electron chi connectivity index (χ4n) is 2.63. The maximum atomic E-state index is 13.8. The number of nitrogens with zero attached hydrogens (tertiary/aromatic N) is 2. The lowest BCUT2D eigenvalue weighted by Crippen LogP contribution is -2.32. The molecule has 128 valence electrons. The number of nitrogens with one attached hydrogen (secondary N) is 1. The fourth-order valence-corrected chi connectivity index (χ4v) is 2.63. The molecule has 6 heteroatoms. The Bertz CT molecular complexity index is 874. The predicted molar refractivity (Wildman–Crippen MR) is 89.7 cm³/mol. The van der Waals surface area contributed by atoms with Crippen LogP contribution in [0.15, 0.2) is 60.9 Å². The molecule has 1 heterocycles. The molecule has 0 fully saturated rings. The van der Waals surface area contributed by atoms with Gasteiger partial charge >= 0.3 is 0 Å². The van der Waals surface area contributed by atoms with Crippen LogP contribution in [0.2, 0.25) is 0 Å². The summed E-state index contributed by atoms with van der Waals surface area (Å²) in [4.78, 5) is 16.7. The number of aromatic nitrogens is 2. The molecule has 0 unspecified atom stereocenters. The summed E-state index contributed by atoms with van der Waals surface area (Å²) in [6.07, 6.45) is 3.29. The van der Waals surface area contributed by atoms with Gasteiger partial charge < -0.3 is 9.88 Å². The third-order valence-electron chi connectivity index (χ3n) is 3.93. The van der Waals surface area contributed by atoms with Gasteiger partial charge in [-0.2, -0.15) is 0 Å². The van der Waals surface area contributed by atoms with Gasteiger partial charge in [-0.1, -0.05) is 30.3 Å². The van der Waals surface area contributed by atoms with Gasteiger partial charge in [-0.05, 0) is 29.3 Å². The molecule has 4 nitrogen and oxygen atoms in total. The number of imidazole rings is 1. The van der Waals surface area contributed by atoms with Crippen LogP contribution in [0.4, 0.5) is 8.78 Å². The summed E-state index contributed by atoms with van der Waals surface area (Å²) in [5.74, 6) is -0.524. The van der Waals surface area contributed by atoms with E-state index in [1.807, 2.05) is 7.05 Å². The van der Waals surface area contributed by atoms with Crippen LogP contribution in [0, 0.1) is 11.6 Å². The third kappa shape index (κ3) is 3.91. The maximum Gasteiger partial charge on any atom is 0.225 e. The lowest BCUT2D eigenvalue weighted by molar-refractivity contribution is -0.121. The van der Waals surface area contributed by atoms with E-state index in [0.717, 1.165) is 0 Å². The molecule has 25 heavy (non-hydrogen) atoms. The van der Waals surface area contributed by atoms with Gasteiger partial charge in [0.15, 0.2) is 0 Å². The Hall–Kier alpha value is -3.02. The molecule has 0 spiro atoms. The zero-order valence-electron chi connectivity index (χ0n) is 13.6. The van der Waals surface area contributed by atoms with E-state index in [9.17, 15) is 13.6 Å². The van der Waals surface area contributed by atoms with Crippen LogP contribution in [0.25, 0.3) is 0 Å². The van der Waals surface area contributed by atoms with E-state index < -0.39 is 11.9 Å². The van der Waals surface area contributed by atoms with E-state index in [-0.39, 0.29) is 18.1 Å². The SMILES string of the molecule is Cn1ccnc1[C@@H](NC(=O)Cc1ccccc1F)c1ccc(F)cc1. The number of halogens is 2. The van der Waals surface area contributed by atoms with Crippen molar-refractivity contribution in [1.82, 2.24) is 14.9 Å². The molecule has 2 aromatic carbocycles. The second kappa shape index (κ2) is 7.25. The number of benzene rings is 2. The Kier molecular flexibility index (Phi) is 4.88. The second-order valence-electron chi connectivity index (χ2n) is 5.72. The van der Waals surface area contributed by atoms with Crippen LogP contribution < -0.4 is 5.32 Å². The highest BCUT2D eigenvalue weighted by Gasteiger charge is 2.21. The summed E-state index contributed by atoms with van der Waals surface area (Å²) in [7, 11) is 1.81. The standard InChI is InChI=1S/C19H17F2N3O/c1-24-11-10-22-19(24)18(13-6-8-15(20)9-7-13)23-17(25)12-14-4-2-3-5-16(14)21/h2-11,18H,12H2,1H3,(H,23,25)/t18-/m0/s1. The smallest absolute Gasteiger partial charge is 0.225 e. The summed E-state index contributed by atoms with van der Waals surface area (Å²) in [5, 5.41) is 2.86. The molecule has 0 aliphatic rings. The lowest BCUT2D eigenvalue weighted by Gasteiger charge is -2.19. The van der Waals surface area contributed by atoms with Crippen molar-refractivity contribution in [3.05, 3.63) is 89.5 Å². The summed E-state index contributed by atoms with van der Waals surface area (Å²) in [5.41, 5.74) is 1.01. The van der Waals surface area contributed by atoms with Crippen LogP contribution in [-0.4, -0.2) is 15.5 Å².